The number of rotatable bonds is 8. The molecule has 34 heavy (non-hydrogen) atoms. The molecule has 4 fully saturated rings. The van der Waals surface area contributed by atoms with Crippen LogP contribution in [0.5, 0.6) is 0 Å². The van der Waals surface area contributed by atoms with Crippen molar-refractivity contribution in [3.05, 3.63) is 29.4 Å². The SMILES string of the molecule is COCC(C)CC(=O)c1noc(-c2cnc3c(c2NC2[C@@H]4CC5C[C@H]2CC(O)(C5)C4)C=CC3)n1. The third-order valence-corrected chi connectivity index (χ3v) is 8.24. The van der Waals surface area contributed by atoms with Gasteiger partial charge in [0.15, 0.2) is 0 Å². The van der Waals surface area contributed by atoms with Gasteiger partial charge in [0.05, 0.1) is 22.5 Å². The van der Waals surface area contributed by atoms with Crippen LogP contribution in [0.1, 0.15) is 67.3 Å². The largest absolute Gasteiger partial charge is 0.390 e. The Kier molecular flexibility index (Phi) is 5.33. The molecule has 6 atom stereocenters. The van der Waals surface area contributed by atoms with Gasteiger partial charge in [-0.05, 0) is 55.8 Å². The summed E-state index contributed by atoms with van der Waals surface area (Å²) in [6.07, 6.45) is 12.2. The maximum atomic E-state index is 12.7. The topological polar surface area (TPSA) is 110 Å². The predicted octanol–water partition coefficient (Wildman–Crippen LogP) is 3.91. The molecular formula is C26H32N4O4. The summed E-state index contributed by atoms with van der Waals surface area (Å²) < 4.78 is 10.7. The van der Waals surface area contributed by atoms with Crippen molar-refractivity contribution in [1.29, 1.82) is 0 Å². The fourth-order valence-electron chi connectivity index (χ4n) is 7.10. The number of nitrogens with zero attached hydrogens (tertiary/aromatic N) is 3. The Bertz CT molecular complexity index is 1130. The fraction of sp³-hybridized carbons (Fsp3) is 0.615. The number of allylic oxidation sites excluding steroid dienone is 1. The smallest absolute Gasteiger partial charge is 0.262 e. The average molecular weight is 465 g/mol. The summed E-state index contributed by atoms with van der Waals surface area (Å²) in [5.41, 5.74) is 3.30. The van der Waals surface area contributed by atoms with Gasteiger partial charge in [0.1, 0.15) is 0 Å². The van der Waals surface area contributed by atoms with E-state index in [-0.39, 0.29) is 17.5 Å². The molecule has 0 aromatic carbocycles. The summed E-state index contributed by atoms with van der Waals surface area (Å²) in [4.78, 5) is 21.8. The third-order valence-electron chi connectivity index (χ3n) is 8.24. The second-order valence-electron chi connectivity index (χ2n) is 11.0. The molecule has 0 saturated heterocycles. The zero-order chi connectivity index (χ0) is 23.4. The number of aliphatic hydroxyl groups is 1. The van der Waals surface area contributed by atoms with Gasteiger partial charge in [0, 0.05) is 44.4 Å². The van der Waals surface area contributed by atoms with Crippen LogP contribution in [0.4, 0.5) is 5.69 Å². The van der Waals surface area contributed by atoms with Gasteiger partial charge in [-0.1, -0.05) is 24.2 Å². The number of pyridine rings is 1. The number of Topliss-reactive ketones (excluding diaryl/α,β-unsaturated/α-hetero) is 1. The van der Waals surface area contributed by atoms with E-state index in [0.29, 0.717) is 42.7 Å². The zero-order valence-electron chi connectivity index (χ0n) is 19.8. The normalized spacial score (nSPS) is 31.6. The minimum Gasteiger partial charge on any atom is -0.390 e. The summed E-state index contributed by atoms with van der Waals surface area (Å²) in [6, 6.07) is 0.301. The van der Waals surface area contributed by atoms with Crippen LogP contribution in [0.2, 0.25) is 0 Å². The number of carbonyl (C=O) groups excluding carboxylic acids is 1. The number of aromatic nitrogens is 3. The molecule has 2 aromatic heterocycles. The van der Waals surface area contributed by atoms with E-state index in [1.165, 1.54) is 12.8 Å². The quantitative estimate of drug-likeness (QED) is 0.566. The van der Waals surface area contributed by atoms with Crippen molar-refractivity contribution >= 4 is 17.5 Å². The van der Waals surface area contributed by atoms with Crippen LogP contribution in [0, 0.1) is 23.7 Å². The minimum absolute atomic E-state index is 0.0789. The van der Waals surface area contributed by atoms with E-state index in [1.54, 1.807) is 13.3 Å². The van der Waals surface area contributed by atoms with Crippen LogP contribution in [-0.2, 0) is 11.2 Å². The maximum Gasteiger partial charge on any atom is 0.262 e. The Balaban J connectivity index is 1.30. The number of ether oxygens (including phenoxy) is 1. The lowest BCUT2D eigenvalue weighted by molar-refractivity contribution is -0.129. The highest BCUT2D eigenvalue weighted by Crippen LogP contribution is 2.56. The second-order valence-corrected chi connectivity index (χ2v) is 11.0. The van der Waals surface area contributed by atoms with E-state index in [9.17, 15) is 9.90 Å². The van der Waals surface area contributed by atoms with E-state index in [1.807, 2.05) is 6.92 Å². The van der Waals surface area contributed by atoms with E-state index in [4.69, 9.17) is 9.26 Å². The maximum absolute atomic E-state index is 12.7. The number of carbonyl (C=O) groups is 1. The molecule has 4 saturated carbocycles. The van der Waals surface area contributed by atoms with Gasteiger partial charge < -0.3 is 19.7 Å². The van der Waals surface area contributed by atoms with Gasteiger partial charge in [-0.2, -0.15) is 4.98 Å². The van der Waals surface area contributed by atoms with Crippen LogP contribution < -0.4 is 5.32 Å². The molecule has 180 valence electrons. The lowest BCUT2D eigenvalue weighted by atomic mass is 9.52. The molecule has 0 aliphatic heterocycles. The lowest BCUT2D eigenvalue weighted by Crippen LogP contribution is -2.59. The number of hydrogen-bond donors (Lipinski definition) is 2. The van der Waals surface area contributed by atoms with E-state index in [0.717, 1.165) is 48.2 Å². The van der Waals surface area contributed by atoms with Gasteiger partial charge in [0.25, 0.3) is 5.89 Å². The van der Waals surface area contributed by atoms with Gasteiger partial charge in [-0.15, -0.1) is 0 Å². The molecule has 7 rings (SSSR count). The summed E-state index contributed by atoms with van der Waals surface area (Å²) in [5.74, 6) is 1.89. The monoisotopic (exact) mass is 464 g/mol. The summed E-state index contributed by atoms with van der Waals surface area (Å²) in [7, 11) is 1.63. The van der Waals surface area contributed by atoms with Crippen LogP contribution in [0.25, 0.3) is 17.5 Å². The molecule has 8 heteroatoms. The molecule has 0 spiro atoms. The van der Waals surface area contributed by atoms with Crippen LogP contribution >= 0.6 is 0 Å². The van der Waals surface area contributed by atoms with Crippen molar-refractivity contribution in [3.8, 4) is 11.5 Å². The van der Waals surface area contributed by atoms with Gasteiger partial charge >= 0.3 is 0 Å². The number of fused-ring (bicyclic) bond motifs is 1. The predicted molar refractivity (Wildman–Crippen MR) is 126 cm³/mol. The highest BCUT2D eigenvalue weighted by molar-refractivity contribution is 5.93. The molecule has 2 N–H and O–H groups in total. The van der Waals surface area contributed by atoms with Gasteiger partial charge in [0.2, 0.25) is 11.6 Å². The molecule has 4 bridgehead atoms. The van der Waals surface area contributed by atoms with E-state index >= 15 is 0 Å². The lowest BCUT2D eigenvalue weighted by Gasteiger charge is -2.58. The van der Waals surface area contributed by atoms with Crippen molar-refractivity contribution in [2.24, 2.45) is 23.7 Å². The standard InChI is InChI=1S/C26H32N4O4/c1-14(13-33-2)6-21(31)24-29-25(34-30-24)19-12-27-20-5-3-4-18(20)23(19)28-22-16-7-15-8-17(22)11-26(32,9-15)10-16/h3-4,12,14-17,22,32H,5-11,13H2,1-2H3,(H,27,28)/t14?,15?,16-,17+,22?,26?. The molecule has 0 amide bonds. The van der Waals surface area contributed by atoms with Crippen LogP contribution in [-0.4, -0.2) is 51.4 Å². The molecule has 8 nitrogen and oxygen atoms in total. The Labute approximate surface area is 199 Å². The zero-order valence-corrected chi connectivity index (χ0v) is 19.8. The second kappa shape index (κ2) is 8.27. The van der Waals surface area contributed by atoms with Crippen molar-refractivity contribution in [1.82, 2.24) is 15.1 Å². The molecular weight excluding hydrogens is 432 g/mol. The molecule has 2 heterocycles. The number of anilines is 1. The Morgan fingerprint density at radius 3 is 2.85 bits per heavy atom. The van der Waals surface area contributed by atoms with Gasteiger partial charge in [-0.3, -0.25) is 9.78 Å². The van der Waals surface area contributed by atoms with Crippen molar-refractivity contribution in [3.63, 3.8) is 0 Å². The summed E-state index contributed by atoms with van der Waals surface area (Å²) >= 11 is 0. The average Bonchev–Trinajstić information content (AvgIpc) is 3.45. The highest BCUT2D eigenvalue weighted by Gasteiger charge is 2.54. The van der Waals surface area contributed by atoms with E-state index < -0.39 is 5.60 Å². The summed E-state index contributed by atoms with van der Waals surface area (Å²) in [6.45, 7) is 2.47. The van der Waals surface area contributed by atoms with Crippen molar-refractivity contribution < 1.29 is 19.2 Å². The first-order chi connectivity index (χ1) is 16.4. The molecule has 5 aliphatic rings. The number of ketones is 1. The Morgan fingerprint density at radius 2 is 2.12 bits per heavy atom. The first-order valence-electron chi connectivity index (χ1n) is 12.5. The van der Waals surface area contributed by atoms with Crippen LogP contribution in [0.15, 0.2) is 16.8 Å². The number of hydrogen-bond acceptors (Lipinski definition) is 8. The van der Waals surface area contributed by atoms with Crippen LogP contribution in [0.3, 0.4) is 0 Å². The summed E-state index contributed by atoms with van der Waals surface area (Å²) in [5, 5.41) is 18.9. The minimum atomic E-state index is -0.473. The fourth-order valence-corrected chi connectivity index (χ4v) is 7.10. The number of nitrogens with one attached hydrogen (secondary N) is 1. The molecule has 0 radical (unpaired) electrons. The number of methoxy groups -OCH3 is 1. The third kappa shape index (κ3) is 3.77. The van der Waals surface area contributed by atoms with E-state index in [2.05, 4.69) is 32.6 Å². The highest BCUT2D eigenvalue weighted by atomic mass is 16.5. The van der Waals surface area contributed by atoms with Crippen molar-refractivity contribution in [2.45, 2.75) is 63.5 Å². The van der Waals surface area contributed by atoms with Crippen molar-refractivity contribution in [2.75, 3.05) is 19.0 Å². The molecule has 5 aliphatic carbocycles. The van der Waals surface area contributed by atoms with Gasteiger partial charge in [-0.25, -0.2) is 0 Å². The first-order valence-corrected chi connectivity index (χ1v) is 12.5. The first kappa shape index (κ1) is 21.9. The molecule has 4 unspecified atom stereocenters. The Hall–Kier alpha value is -2.58. The molecule has 2 aromatic rings. The Morgan fingerprint density at radius 1 is 1.32 bits per heavy atom.